The van der Waals surface area contributed by atoms with Crippen LogP contribution in [0.3, 0.4) is 0 Å². The van der Waals surface area contributed by atoms with Crippen molar-refractivity contribution in [1.29, 1.82) is 0 Å². The molecule has 1 aliphatic rings. The molecule has 1 unspecified atom stereocenters. The maximum atomic E-state index is 5.92. The Morgan fingerprint density at radius 1 is 1.45 bits per heavy atom. The van der Waals surface area contributed by atoms with E-state index in [9.17, 15) is 0 Å². The van der Waals surface area contributed by atoms with E-state index in [4.69, 9.17) is 5.73 Å². The summed E-state index contributed by atoms with van der Waals surface area (Å²) in [7, 11) is 2.00. The summed E-state index contributed by atoms with van der Waals surface area (Å²) in [5, 5.41) is 4.53. The van der Waals surface area contributed by atoms with Crippen molar-refractivity contribution in [1.82, 2.24) is 14.8 Å². The zero-order valence-electron chi connectivity index (χ0n) is 12.1. The molecule has 5 nitrogen and oxygen atoms in total. The first kappa shape index (κ1) is 13.1. The summed E-state index contributed by atoms with van der Waals surface area (Å²) < 4.78 is 1.96. The highest BCUT2D eigenvalue weighted by atomic mass is 15.4. The van der Waals surface area contributed by atoms with Crippen LogP contribution in [0.15, 0.2) is 24.5 Å². The fourth-order valence-electron chi connectivity index (χ4n) is 3.23. The summed E-state index contributed by atoms with van der Waals surface area (Å²) in [6, 6.07) is 4.54. The number of aryl methyl sites for hydroxylation is 2. The molecule has 2 aromatic rings. The monoisotopic (exact) mass is 271 g/mol. The molecular weight excluding hydrogens is 250 g/mol. The average Bonchev–Trinajstić information content (AvgIpc) is 3.03. The van der Waals surface area contributed by atoms with E-state index in [0.29, 0.717) is 12.6 Å². The van der Waals surface area contributed by atoms with E-state index in [1.54, 1.807) is 0 Å². The van der Waals surface area contributed by atoms with Gasteiger partial charge in [-0.3, -0.25) is 9.67 Å². The van der Waals surface area contributed by atoms with E-state index in [0.717, 1.165) is 30.0 Å². The van der Waals surface area contributed by atoms with E-state index in [-0.39, 0.29) is 0 Å². The third-order valence-electron chi connectivity index (χ3n) is 4.11. The van der Waals surface area contributed by atoms with Crippen molar-refractivity contribution in [3.63, 3.8) is 0 Å². The van der Waals surface area contributed by atoms with Gasteiger partial charge in [0.15, 0.2) is 0 Å². The predicted octanol–water partition coefficient (Wildman–Crippen LogP) is 1.92. The van der Waals surface area contributed by atoms with Crippen LogP contribution >= 0.6 is 0 Å². The maximum absolute atomic E-state index is 5.92. The summed E-state index contributed by atoms with van der Waals surface area (Å²) in [6.45, 7) is 3.61. The molecule has 0 saturated carbocycles. The molecule has 0 spiro atoms. The van der Waals surface area contributed by atoms with Gasteiger partial charge in [0.25, 0.3) is 0 Å². The third-order valence-corrected chi connectivity index (χ3v) is 4.11. The van der Waals surface area contributed by atoms with Gasteiger partial charge in [-0.25, -0.2) is 0 Å². The summed E-state index contributed by atoms with van der Waals surface area (Å²) in [5.74, 6) is 1.16. The van der Waals surface area contributed by atoms with Gasteiger partial charge in [-0.05, 0) is 31.4 Å². The van der Waals surface area contributed by atoms with E-state index in [1.165, 1.54) is 12.0 Å². The number of hydrogen-bond acceptors (Lipinski definition) is 4. The number of anilines is 1. The SMILES string of the molecule is Cc1nn(C)c(N2CCCC2c2cccnc2)c1CN. The largest absolute Gasteiger partial charge is 0.349 e. The molecule has 0 amide bonds. The van der Waals surface area contributed by atoms with Crippen molar-refractivity contribution in [2.75, 3.05) is 11.4 Å². The van der Waals surface area contributed by atoms with Gasteiger partial charge in [0.2, 0.25) is 0 Å². The Morgan fingerprint density at radius 3 is 3.00 bits per heavy atom. The van der Waals surface area contributed by atoms with Crippen molar-refractivity contribution in [3.05, 3.63) is 41.3 Å². The molecule has 1 atom stereocenters. The number of pyridine rings is 1. The maximum Gasteiger partial charge on any atom is 0.131 e. The van der Waals surface area contributed by atoms with Gasteiger partial charge in [0.05, 0.1) is 11.7 Å². The fourth-order valence-corrected chi connectivity index (χ4v) is 3.23. The molecule has 0 bridgehead atoms. The van der Waals surface area contributed by atoms with Gasteiger partial charge in [-0.1, -0.05) is 6.07 Å². The Balaban J connectivity index is 2.01. The molecule has 2 N–H and O–H groups in total. The molecule has 1 aliphatic heterocycles. The van der Waals surface area contributed by atoms with Gasteiger partial charge in [-0.2, -0.15) is 5.10 Å². The van der Waals surface area contributed by atoms with Crippen molar-refractivity contribution in [2.24, 2.45) is 12.8 Å². The molecule has 1 fully saturated rings. The second-order valence-corrected chi connectivity index (χ2v) is 5.35. The van der Waals surface area contributed by atoms with Crippen LogP contribution < -0.4 is 10.6 Å². The first-order valence-electron chi connectivity index (χ1n) is 7.11. The Morgan fingerprint density at radius 2 is 2.30 bits per heavy atom. The lowest BCUT2D eigenvalue weighted by molar-refractivity contribution is 0.665. The predicted molar refractivity (Wildman–Crippen MR) is 79.4 cm³/mol. The second kappa shape index (κ2) is 5.25. The smallest absolute Gasteiger partial charge is 0.131 e. The zero-order chi connectivity index (χ0) is 14.1. The van der Waals surface area contributed by atoms with E-state index in [1.807, 2.05) is 37.1 Å². The molecular formula is C15H21N5. The summed E-state index contributed by atoms with van der Waals surface area (Å²) >= 11 is 0. The van der Waals surface area contributed by atoms with Crippen LogP contribution in [0.25, 0.3) is 0 Å². The number of nitrogens with zero attached hydrogens (tertiary/aromatic N) is 4. The molecule has 106 valence electrons. The quantitative estimate of drug-likeness (QED) is 0.926. The summed E-state index contributed by atoms with van der Waals surface area (Å²) in [6.07, 6.45) is 6.13. The highest BCUT2D eigenvalue weighted by molar-refractivity contribution is 5.53. The molecule has 20 heavy (non-hydrogen) atoms. The van der Waals surface area contributed by atoms with Gasteiger partial charge in [0, 0.05) is 38.1 Å². The highest BCUT2D eigenvalue weighted by Gasteiger charge is 2.30. The molecule has 3 heterocycles. The van der Waals surface area contributed by atoms with Crippen LogP contribution in [-0.4, -0.2) is 21.3 Å². The Labute approximate surface area is 119 Å². The minimum absolute atomic E-state index is 0.379. The van der Waals surface area contributed by atoms with Crippen molar-refractivity contribution in [2.45, 2.75) is 32.4 Å². The van der Waals surface area contributed by atoms with Crippen molar-refractivity contribution >= 4 is 5.82 Å². The lowest BCUT2D eigenvalue weighted by atomic mass is 10.1. The van der Waals surface area contributed by atoms with Gasteiger partial charge >= 0.3 is 0 Å². The van der Waals surface area contributed by atoms with Crippen LogP contribution in [0.4, 0.5) is 5.82 Å². The molecule has 0 aliphatic carbocycles. The Bertz CT molecular complexity index is 590. The molecule has 5 heteroatoms. The first-order valence-corrected chi connectivity index (χ1v) is 7.11. The standard InChI is InChI=1S/C15H21N5/c1-11-13(9-16)15(19(2)18-11)20-8-4-6-14(20)12-5-3-7-17-10-12/h3,5,7,10,14H,4,6,8-9,16H2,1-2H3. The van der Waals surface area contributed by atoms with Crippen LogP contribution in [-0.2, 0) is 13.6 Å². The van der Waals surface area contributed by atoms with Crippen LogP contribution in [0.2, 0.25) is 0 Å². The zero-order valence-corrected chi connectivity index (χ0v) is 12.1. The van der Waals surface area contributed by atoms with Crippen LogP contribution in [0.1, 0.15) is 35.7 Å². The molecule has 0 radical (unpaired) electrons. The number of nitrogens with two attached hydrogens (primary N) is 1. The number of hydrogen-bond donors (Lipinski definition) is 1. The fraction of sp³-hybridized carbons (Fsp3) is 0.467. The van der Waals surface area contributed by atoms with E-state index >= 15 is 0 Å². The highest BCUT2D eigenvalue weighted by Crippen LogP contribution is 2.37. The Hall–Kier alpha value is -1.88. The molecule has 1 saturated heterocycles. The van der Waals surface area contributed by atoms with E-state index in [2.05, 4.69) is 21.0 Å². The average molecular weight is 271 g/mol. The first-order chi connectivity index (χ1) is 9.72. The third kappa shape index (κ3) is 2.08. The second-order valence-electron chi connectivity index (χ2n) is 5.35. The van der Waals surface area contributed by atoms with Crippen LogP contribution in [0, 0.1) is 6.92 Å². The molecule has 3 rings (SSSR count). The van der Waals surface area contributed by atoms with Gasteiger partial charge in [-0.15, -0.1) is 0 Å². The minimum atomic E-state index is 0.379. The van der Waals surface area contributed by atoms with E-state index < -0.39 is 0 Å². The lowest BCUT2D eigenvalue weighted by Crippen LogP contribution is -2.26. The van der Waals surface area contributed by atoms with Gasteiger partial charge in [0.1, 0.15) is 5.82 Å². The Kier molecular flexibility index (Phi) is 3.44. The topological polar surface area (TPSA) is 60.0 Å². The number of aromatic nitrogens is 3. The van der Waals surface area contributed by atoms with Crippen molar-refractivity contribution in [3.8, 4) is 0 Å². The molecule has 0 aromatic carbocycles. The molecule has 2 aromatic heterocycles. The number of rotatable bonds is 3. The lowest BCUT2D eigenvalue weighted by Gasteiger charge is -2.27. The normalized spacial score (nSPS) is 18.8. The van der Waals surface area contributed by atoms with Crippen molar-refractivity contribution < 1.29 is 0 Å². The summed E-state index contributed by atoms with van der Waals surface area (Å²) in [4.78, 5) is 6.68. The van der Waals surface area contributed by atoms with Crippen LogP contribution in [0.5, 0.6) is 0 Å². The van der Waals surface area contributed by atoms with Gasteiger partial charge < -0.3 is 10.6 Å². The minimum Gasteiger partial charge on any atom is -0.349 e. The summed E-state index contributed by atoms with van der Waals surface area (Å²) in [5.41, 5.74) is 9.38.